The van der Waals surface area contributed by atoms with Gasteiger partial charge in [-0.25, -0.2) is 4.57 Å². The number of hydrogen-bond acceptors (Lipinski definition) is 4. The Morgan fingerprint density at radius 2 is 1.21 bits per heavy atom. The van der Waals surface area contributed by atoms with Crippen LogP contribution in [0.5, 0.6) is 0 Å². The molecule has 0 amide bonds. The fourth-order valence-corrected chi connectivity index (χ4v) is 7.58. The van der Waals surface area contributed by atoms with Gasteiger partial charge in [0.2, 0.25) is 0 Å². The van der Waals surface area contributed by atoms with Crippen molar-refractivity contribution in [1.82, 2.24) is 0 Å². The summed E-state index contributed by atoms with van der Waals surface area (Å²) < 4.78 is 27.8. The molecular formula is C12H20Br6ClO4P. The monoisotopic (exact) mass is 768 g/mol. The molecule has 0 bridgehead atoms. The Morgan fingerprint density at radius 3 is 1.46 bits per heavy atom. The quantitative estimate of drug-likeness (QED) is 0.157. The summed E-state index contributed by atoms with van der Waals surface area (Å²) in [5, 5.41) is 1.12. The van der Waals surface area contributed by atoms with E-state index in [9.17, 15) is 4.57 Å². The van der Waals surface area contributed by atoms with Crippen molar-refractivity contribution in [3.05, 3.63) is 0 Å². The topological polar surface area (TPSA) is 44.8 Å². The van der Waals surface area contributed by atoms with Gasteiger partial charge >= 0.3 is 7.82 Å². The van der Waals surface area contributed by atoms with Crippen LogP contribution in [0.3, 0.4) is 0 Å². The van der Waals surface area contributed by atoms with Crippen LogP contribution < -0.4 is 0 Å². The van der Waals surface area contributed by atoms with Crippen LogP contribution in [-0.4, -0.2) is 30.0 Å². The summed E-state index contributed by atoms with van der Waals surface area (Å²) in [6.07, 6.45) is 0. The van der Waals surface area contributed by atoms with E-state index in [0.29, 0.717) is 10.7 Å². The van der Waals surface area contributed by atoms with Crippen molar-refractivity contribution in [2.75, 3.05) is 23.1 Å². The van der Waals surface area contributed by atoms with Crippen LogP contribution >= 0.6 is 115 Å². The number of phosphoric acid groups is 1. The van der Waals surface area contributed by atoms with E-state index in [4.69, 9.17) is 25.2 Å². The maximum Gasteiger partial charge on any atom is 0.479 e. The minimum Gasteiger partial charge on any atom is -0.286 e. The lowest BCUT2D eigenvalue weighted by atomic mass is 9.98. The second-order valence-corrected chi connectivity index (χ2v) is 15.8. The Morgan fingerprint density at radius 1 is 0.875 bits per heavy atom. The molecule has 0 heterocycles. The van der Waals surface area contributed by atoms with E-state index in [2.05, 4.69) is 95.6 Å². The lowest BCUT2D eigenvalue weighted by molar-refractivity contribution is 0.0348. The third-order valence-electron chi connectivity index (χ3n) is 3.02. The number of halogens is 7. The first-order chi connectivity index (χ1) is 10.6. The van der Waals surface area contributed by atoms with Gasteiger partial charge < -0.3 is 0 Å². The lowest BCUT2D eigenvalue weighted by Gasteiger charge is -2.41. The first kappa shape index (κ1) is 27.3. The van der Waals surface area contributed by atoms with Gasteiger partial charge in [0.25, 0.3) is 0 Å². The molecule has 0 rings (SSSR count). The number of hydrogen-bond donors (Lipinski definition) is 0. The molecule has 0 aliphatic rings. The SMILES string of the molecule is CC(C)(CBr)C(Br)(Br)OP(=O)(OCCCl)OC(Br)(Br)C(C)(C)CBr. The predicted molar refractivity (Wildman–Crippen MR) is 123 cm³/mol. The molecule has 4 nitrogen and oxygen atoms in total. The molecule has 0 N–H and O–H groups in total. The Kier molecular flexibility index (Phi) is 11.8. The van der Waals surface area contributed by atoms with E-state index in [1.165, 1.54) is 0 Å². The zero-order valence-corrected chi connectivity index (χ0v) is 24.7. The Bertz CT molecular complexity index is 427. The Balaban J connectivity index is 5.63. The molecule has 0 aliphatic heterocycles. The summed E-state index contributed by atoms with van der Waals surface area (Å²) >= 11 is 26.2. The molecule has 24 heavy (non-hydrogen) atoms. The molecule has 0 unspecified atom stereocenters. The predicted octanol–water partition coefficient (Wildman–Crippen LogP) is 8.11. The van der Waals surface area contributed by atoms with Crippen molar-refractivity contribution in [2.24, 2.45) is 10.8 Å². The van der Waals surface area contributed by atoms with Crippen molar-refractivity contribution in [3.8, 4) is 0 Å². The van der Waals surface area contributed by atoms with Crippen LogP contribution in [0.15, 0.2) is 0 Å². The van der Waals surface area contributed by atoms with E-state index < -0.39 is 25.5 Å². The molecule has 146 valence electrons. The van der Waals surface area contributed by atoms with Crippen LogP contribution in [0.4, 0.5) is 0 Å². The maximum absolute atomic E-state index is 13.3. The van der Waals surface area contributed by atoms with E-state index in [0.717, 1.165) is 0 Å². The van der Waals surface area contributed by atoms with Gasteiger partial charge in [-0.15, -0.1) is 11.6 Å². The molecule has 0 spiro atoms. The fourth-order valence-electron chi connectivity index (χ4n) is 0.901. The van der Waals surface area contributed by atoms with Crippen molar-refractivity contribution < 1.29 is 18.1 Å². The van der Waals surface area contributed by atoms with Gasteiger partial charge in [0, 0.05) is 27.4 Å². The van der Waals surface area contributed by atoms with E-state index in [1.54, 1.807) is 0 Å². The van der Waals surface area contributed by atoms with Crippen LogP contribution in [-0.2, 0) is 18.1 Å². The summed E-state index contributed by atoms with van der Waals surface area (Å²) in [7, 11) is -4.01. The molecule has 0 fully saturated rings. The molecule has 0 aromatic rings. The zero-order valence-electron chi connectivity index (χ0n) is 13.6. The molecule has 0 radical (unpaired) electrons. The van der Waals surface area contributed by atoms with Crippen LogP contribution in [0.25, 0.3) is 0 Å². The molecular weight excluding hydrogens is 754 g/mol. The summed E-state index contributed by atoms with van der Waals surface area (Å²) in [5.74, 6) is 0.148. The number of alkyl halides is 7. The minimum atomic E-state index is -4.01. The van der Waals surface area contributed by atoms with Gasteiger partial charge in [-0.05, 0) is 63.7 Å². The van der Waals surface area contributed by atoms with E-state index >= 15 is 0 Å². The van der Waals surface area contributed by atoms with E-state index in [-0.39, 0.29) is 12.5 Å². The molecule has 0 aromatic carbocycles. The van der Waals surface area contributed by atoms with Gasteiger partial charge in [0.15, 0.2) is 6.84 Å². The number of rotatable bonds is 11. The largest absolute Gasteiger partial charge is 0.479 e. The maximum atomic E-state index is 13.3. The Hall–Kier alpha value is 3.28. The Labute approximate surface area is 199 Å². The highest BCUT2D eigenvalue weighted by Crippen LogP contribution is 2.65. The van der Waals surface area contributed by atoms with Crippen molar-refractivity contribution in [2.45, 2.75) is 34.5 Å². The minimum absolute atomic E-state index is 0.00841. The first-order valence-electron chi connectivity index (χ1n) is 6.69. The summed E-state index contributed by atoms with van der Waals surface area (Å²) in [6, 6.07) is 0. The average Bonchev–Trinajstić information content (AvgIpc) is 2.43. The third-order valence-corrected chi connectivity index (χ3v) is 13.4. The summed E-state index contributed by atoms with van der Waals surface area (Å²) in [4.78, 5) is 0. The van der Waals surface area contributed by atoms with Crippen LogP contribution in [0.1, 0.15) is 27.7 Å². The van der Waals surface area contributed by atoms with Gasteiger partial charge in [-0.1, -0.05) is 59.6 Å². The van der Waals surface area contributed by atoms with E-state index in [1.807, 2.05) is 27.7 Å². The van der Waals surface area contributed by atoms with Gasteiger partial charge in [0.1, 0.15) is 0 Å². The summed E-state index contributed by atoms with van der Waals surface area (Å²) in [6.45, 7) is 7.66. The lowest BCUT2D eigenvalue weighted by Crippen LogP contribution is -2.40. The van der Waals surface area contributed by atoms with Gasteiger partial charge in [-0.2, -0.15) is 0 Å². The molecule has 0 aromatic heterocycles. The van der Waals surface area contributed by atoms with Crippen molar-refractivity contribution in [3.63, 3.8) is 0 Å². The normalized spacial score (nSPS) is 15.0. The standard InChI is InChI=1S/C12H20Br6ClO4P/c1-9(2,7-13)11(15,16)22-24(20,21-6-5-19)23-12(17,18)10(3,4)8-14/h5-8H2,1-4H3. The average molecular weight is 774 g/mol. The van der Waals surface area contributed by atoms with Crippen LogP contribution in [0.2, 0.25) is 0 Å². The van der Waals surface area contributed by atoms with Gasteiger partial charge in [0.05, 0.1) is 6.61 Å². The first-order valence-corrected chi connectivity index (χ1v) is 14.1. The third kappa shape index (κ3) is 7.60. The molecule has 0 saturated carbocycles. The van der Waals surface area contributed by atoms with Gasteiger partial charge in [-0.3, -0.25) is 13.6 Å². The molecule has 0 saturated heterocycles. The smallest absolute Gasteiger partial charge is 0.286 e. The van der Waals surface area contributed by atoms with Crippen LogP contribution in [0, 0.1) is 10.8 Å². The zero-order chi connectivity index (χ0) is 19.4. The highest BCUT2D eigenvalue weighted by molar-refractivity contribution is 9.25. The highest BCUT2D eigenvalue weighted by atomic mass is 79.9. The fraction of sp³-hybridized carbons (Fsp3) is 1.00. The second-order valence-electron chi connectivity index (χ2n) is 6.22. The molecule has 0 aliphatic carbocycles. The number of phosphoric ester groups is 1. The highest BCUT2D eigenvalue weighted by Gasteiger charge is 2.53. The second kappa shape index (κ2) is 10.4. The van der Waals surface area contributed by atoms with Crippen molar-refractivity contribution in [1.29, 1.82) is 0 Å². The van der Waals surface area contributed by atoms with Crippen molar-refractivity contribution >= 4 is 115 Å². The molecule has 12 heteroatoms. The summed E-state index contributed by atoms with van der Waals surface area (Å²) in [5.41, 5.74) is -0.967. The molecule has 0 atom stereocenters.